The van der Waals surface area contributed by atoms with Gasteiger partial charge < -0.3 is 0 Å². The maximum atomic E-state index is 9.41. The standard InChI is InChI=1S/C14H14OSe/c1-11(15)12-7-9-14(10-8-12)16-13-5-3-2-4-6-13/h2-11,15H,1H3/t11-/m1/s1. The number of hydrogen-bond acceptors (Lipinski definition) is 1. The normalized spacial score (nSPS) is 12.4. The van der Waals surface area contributed by atoms with Crippen molar-refractivity contribution in [3.63, 3.8) is 0 Å². The third-order valence-corrected chi connectivity index (χ3v) is 4.47. The van der Waals surface area contributed by atoms with Crippen molar-refractivity contribution in [1.29, 1.82) is 0 Å². The third kappa shape index (κ3) is 2.96. The zero-order valence-electron chi connectivity index (χ0n) is 9.13. The van der Waals surface area contributed by atoms with Crippen LogP contribution in [-0.4, -0.2) is 20.1 Å². The van der Waals surface area contributed by atoms with Crippen molar-refractivity contribution in [3.05, 3.63) is 60.2 Å². The second kappa shape index (κ2) is 5.31. The molecule has 1 N–H and O–H groups in total. The predicted octanol–water partition coefficient (Wildman–Crippen LogP) is 1.39. The molecular weight excluding hydrogens is 263 g/mol. The molecule has 0 heterocycles. The number of benzene rings is 2. The predicted molar refractivity (Wildman–Crippen MR) is 68.5 cm³/mol. The van der Waals surface area contributed by atoms with Crippen LogP contribution in [0.15, 0.2) is 54.6 Å². The van der Waals surface area contributed by atoms with Crippen LogP contribution < -0.4 is 8.92 Å². The molecule has 0 aliphatic carbocycles. The first-order valence-electron chi connectivity index (χ1n) is 5.26. The van der Waals surface area contributed by atoms with Crippen molar-refractivity contribution in [2.24, 2.45) is 0 Å². The van der Waals surface area contributed by atoms with Gasteiger partial charge in [-0.1, -0.05) is 0 Å². The number of aliphatic hydroxyl groups excluding tert-OH is 1. The van der Waals surface area contributed by atoms with Crippen LogP contribution in [-0.2, 0) is 0 Å². The monoisotopic (exact) mass is 278 g/mol. The maximum absolute atomic E-state index is 9.41. The molecule has 0 aromatic heterocycles. The summed E-state index contributed by atoms with van der Waals surface area (Å²) in [5, 5.41) is 9.41. The molecule has 0 amide bonds. The van der Waals surface area contributed by atoms with E-state index in [9.17, 15) is 5.11 Å². The average molecular weight is 277 g/mol. The van der Waals surface area contributed by atoms with E-state index < -0.39 is 0 Å². The van der Waals surface area contributed by atoms with Gasteiger partial charge in [0.1, 0.15) is 0 Å². The molecule has 0 spiro atoms. The molecule has 0 saturated heterocycles. The summed E-state index contributed by atoms with van der Waals surface area (Å²) in [5.41, 5.74) is 0.979. The summed E-state index contributed by atoms with van der Waals surface area (Å²) in [5.74, 6) is 0. The topological polar surface area (TPSA) is 20.2 Å². The fourth-order valence-electron chi connectivity index (χ4n) is 1.44. The van der Waals surface area contributed by atoms with E-state index >= 15 is 0 Å². The first-order chi connectivity index (χ1) is 7.75. The van der Waals surface area contributed by atoms with Crippen LogP contribution in [0.2, 0.25) is 0 Å². The summed E-state index contributed by atoms with van der Waals surface area (Å²) in [4.78, 5) is 0. The molecule has 0 aliphatic rings. The van der Waals surface area contributed by atoms with E-state index in [1.807, 2.05) is 18.2 Å². The van der Waals surface area contributed by atoms with Gasteiger partial charge in [-0.25, -0.2) is 0 Å². The third-order valence-electron chi connectivity index (χ3n) is 2.34. The Balaban J connectivity index is 2.11. The fraction of sp³-hybridized carbons (Fsp3) is 0.143. The molecule has 0 saturated carbocycles. The Morgan fingerprint density at radius 3 is 2.00 bits per heavy atom. The van der Waals surface area contributed by atoms with Gasteiger partial charge in [-0.15, -0.1) is 0 Å². The summed E-state index contributed by atoms with van der Waals surface area (Å²) >= 11 is 0.360. The number of rotatable bonds is 3. The van der Waals surface area contributed by atoms with Crippen LogP contribution in [0.3, 0.4) is 0 Å². The summed E-state index contributed by atoms with van der Waals surface area (Å²) in [6.45, 7) is 1.79. The van der Waals surface area contributed by atoms with Crippen LogP contribution in [0.1, 0.15) is 18.6 Å². The van der Waals surface area contributed by atoms with E-state index in [1.54, 1.807) is 6.92 Å². The fourth-order valence-corrected chi connectivity index (χ4v) is 3.20. The summed E-state index contributed by atoms with van der Waals surface area (Å²) < 4.78 is 2.71. The average Bonchev–Trinajstić information content (AvgIpc) is 2.31. The van der Waals surface area contributed by atoms with Crippen LogP contribution in [0.4, 0.5) is 0 Å². The van der Waals surface area contributed by atoms with E-state index in [4.69, 9.17) is 0 Å². The Morgan fingerprint density at radius 1 is 0.875 bits per heavy atom. The van der Waals surface area contributed by atoms with E-state index in [1.165, 1.54) is 8.92 Å². The van der Waals surface area contributed by atoms with Gasteiger partial charge in [-0.05, 0) is 0 Å². The molecule has 0 bridgehead atoms. The minimum atomic E-state index is -0.377. The van der Waals surface area contributed by atoms with Crippen molar-refractivity contribution >= 4 is 23.9 Å². The zero-order valence-corrected chi connectivity index (χ0v) is 10.8. The Morgan fingerprint density at radius 2 is 1.44 bits per heavy atom. The van der Waals surface area contributed by atoms with Gasteiger partial charge in [0.2, 0.25) is 0 Å². The molecule has 2 aromatic rings. The van der Waals surface area contributed by atoms with E-state index in [0.717, 1.165) is 5.56 Å². The second-order valence-corrected chi connectivity index (χ2v) is 6.07. The van der Waals surface area contributed by atoms with Crippen molar-refractivity contribution < 1.29 is 5.11 Å². The summed E-state index contributed by atoms with van der Waals surface area (Å²) in [6.07, 6.45) is -0.377. The van der Waals surface area contributed by atoms with Gasteiger partial charge in [0.15, 0.2) is 0 Å². The van der Waals surface area contributed by atoms with E-state index in [2.05, 4.69) is 36.4 Å². The first-order valence-corrected chi connectivity index (χ1v) is 6.98. The summed E-state index contributed by atoms with van der Waals surface area (Å²) in [6, 6.07) is 18.7. The van der Waals surface area contributed by atoms with Crippen molar-refractivity contribution in [1.82, 2.24) is 0 Å². The van der Waals surface area contributed by atoms with E-state index in [0.29, 0.717) is 15.0 Å². The van der Waals surface area contributed by atoms with Gasteiger partial charge in [-0.3, -0.25) is 0 Å². The van der Waals surface area contributed by atoms with Crippen molar-refractivity contribution in [2.75, 3.05) is 0 Å². The Labute approximate surface area is 102 Å². The Bertz CT molecular complexity index is 434. The van der Waals surface area contributed by atoms with Crippen molar-refractivity contribution in [2.45, 2.75) is 13.0 Å². The SMILES string of the molecule is C[C@@H](O)c1ccc([Se]c2ccccc2)cc1. The van der Waals surface area contributed by atoms with Gasteiger partial charge in [-0.2, -0.15) is 0 Å². The quantitative estimate of drug-likeness (QED) is 0.841. The molecule has 1 nitrogen and oxygen atoms in total. The van der Waals surface area contributed by atoms with Gasteiger partial charge in [0.25, 0.3) is 0 Å². The zero-order chi connectivity index (χ0) is 11.4. The van der Waals surface area contributed by atoms with Crippen LogP contribution in [0.25, 0.3) is 0 Å². The number of hydrogen-bond donors (Lipinski definition) is 1. The Hall–Kier alpha value is -1.08. The molecule has 2 rings (SSSR count). The van der Waals surface area contributed by atoms with Crippen molar-refractivity contribution in [3.8, 4) is 0 Å². The van der Waals surface area contributed by atoms with Crippen LogP contribution in [0.5, 0.6) is 0 Å². The molecule has 16 heavy (non-hydrogen) atoms. The minimum absolute atomic E-state index is 0.360. The van der Waals surface area contributed by atoms with Gasteiger partial charge in [0.05, 0.1) is 0 Å². The second-order valence-electron chi connectivity index (χ2n) is 3.66. The first kappa shape index (κ1) is 11.4. The molecule has 1 atom stereocenters. The molecule has 0 fully saturated rings. The molecule has 2 aromatic carbocycles. The van der Waals surface area contributed by atoms with Crippen LogP contribution in [0, 0.1) is 0 Å². The molecular formula is C14H14OSe. The van der Waals surface area contributed by atoms with Gasteiger partial charge in [0, 0.05) is 0 Å². The summed E-state index contributed by atoms with van der Waals surface area (Å²) in [7, 11) is 0. The molecule has 0 aliphatic heterocycles. The molecule has 82 valence electrons. The van der Waals surface area contributed by atoms with Crippen LogP contribution >= 0.6 is 0 Å². The molecule has 0 unspecified atom stereocenters. The van der Waals surface area contributed by atoms with Gasteiger partial charge >= 0.3 is 102 Å². The van der Waals surface area contributed by atoms with E-state index in [-0.39, 0.29) is 6.10 Å². The molecule has 0 radical (unpaired) electrons. The molecule has 2 heteroatoms. The Kier molecular flexibility index (Phi) is 3.78. The number of aliphatic hydroxyl groups is 1.